The van der Waals surface area contributed by atoms with Crippen LogP contribution in [0.4, 0.5) is 5.69 Å². The number of hydrogen-bond acceptors (Lipinski definition) is 3. The SMILES string of the molecule is Cc1cc(O)ccc1NC1C2CCOC2C1(C)C. The molecule has 1 saturated heterocycles. The highest BCUT2D eigenvalue weighted by atomic mass is 16.5. The maximum atomic E-state index is 9.45. The minimum absolute atomic E-state index is 0.186. The Morgan fingerprint density at radius 2 is 2.17 bits per heavy atom. The second-order valence-corrected chi connectivity index (χ2v) is 6.19. The van der Waals surface area contributed by atoms with E-state index < -0.39 is 0 Å². The van der Waals surface area contributed by atoms with Gasteiger partial charge in [0.25, 0.3) is 0 Å². The van der Waals surface area contributed by atoms with Crippen LogP contribution in [0.25, 0.3) is 0 Å². The van der Waals surface area contributed by atoms with Crippen molar-refractivity contribution in [1.29, 1.82) is 0 Å². The third-order valence-electron chi connectivity index (χ3n) is 4.62. The normalized spacial score (nSPS) is 32.7. The number of benzene rings is 1. The summed E-state index contributed by atoms with van der Waals surface area (Å²) in [6.07, 6.45) is 1.57. The lowest BCUT2D eigenvalue weighted by molar-refractivity contribution is -0.0923. The summed E-state index contributed by atoms with van der Waals surface area (Å²) in [6.45, 7) is 7.46. The second-order valence-electron chi connectivity index (χ2n) is 6.19. The molecule has 2 N–H and O–H groups in total. The number of anilines is 1. The van der Waals surface area contributed by atoms with Crippen LogP contribution in [0.2, 0.25) is 0 Å². The molecule has 18 heavy (non-hydrogen) atoms. The molecule has 1 saturated carbocycles. The van der Waals surface area contributed by atoms with Gasteiger partial charge in [-0.15, -0.1) is 0 Å². The average molecular weight is 247 g/mol. The highest BCUT2D eigenvalue weighted by Gasteiger charge is 2.59. The van der Waals surface area contributed by atoms with E-state index in [2.05, 4.69) is 19.2 Å². The molecule has 3 heteroatoms. The van der Waals surface area contributed by atoms with E-state index in [1.165, 1.54) is 0 Å². The van der Waals surface area contributed by atoms with Crippen molar-refractivity contribution in [1.82, 2.24) is 0 Å². The first-order valence-electron chi connectivity index (χ1n) is 6.68. The molecule has 3 nitrogen and oxygen atoms in total. The number of aryl methyl sites for hydroxylation is 1. The number of nitrogens with one attached hydrogen (secondary N) is 1. The van der Waals surface area contributed by atoms with Gasteiger partial charge in [0.15, 0.2) is 0 Å². The van der Waals surface area contributed by atoms with Gasteiger partial charge in [-0.05, 0) is 37.1 Å². The Bertz CT molecular complexity index is 470. The van der Waals surface area contributed by atoms with E-state index in [4.69, 9.17) is 4.74 Å². The standard InChI is InChI=1S/C15H21NO2/c1-9-8-10(17)4-5-12(9)16-13-11-6-7-18-14(11)15(13,2)3/h4-5,8,11,13-14,16-17H,6-7H2,1-3H3. The first kappa shape index (κ1) is 11.8. The van der Waals surface area contributed by atoms with Gasteiger partial charge in [0, 0.05) is 29.7 Å². The Morgan fingerprint density at radius 1 is 1.39 bits per heavy atom. The molecule has 0 spiro atoms. The van der Waals surface area contributed by atoms with Crippen LogP contribution in [0.3, 0.4) is 0 Å². The fourth-order valence-electron chi connectivity index (χ4n) is 3.59. The van der Waals surface area contributed by atoms with Crippen LogP contribution in [0.15, 0.2) is 18.2 Å². The third-order valence-corrected chi connectivity index (χ3v) is 4.62. The number of hydrogen-bond donors (Lipinski definition) is 2. The predicted molar refractivity (Wildman–Crippen MR) is 71.9 cm³/mol. The smallest absolute Gasteiger partial charge is 0.115 e. The summed E-state index contributed by atoms with van der Waals surface area (Å²) in [6, 6.07) is 5.97. The molecule has 1 aliphatic carbocycles. The lowest BCUT2D eigenvalue weighted by Gasteiger charge is -2.55. The van der Waals surface area contributed by atoms with Crippen molar-refractivity contribution < 1.29 is 9.84 Å². The van der Waals surface area contributed by atoms with E-state index in [1.807, 2.05) is 13.0 Å². The largest absolute Gasteiger partial charge is 0.508 e. The molecule has 1 aromatic rings. The molecule has 1 aromatic carbocycles. The monoisotopic (exact) mass is 247 g/mol. The maximum Gasteiger partial charge on any atom is 0.115 e. The molecule has 2 fully saturated rings. The molecule has 0 aromatic heterocycles. The maximum absolute atomic E-state index is 9.45. The van der Waals surface area contributed by atoms with Crippen LogP contribution in [0.1, 0.15) is 25.8 Å². The van der Waals surface area contributed by atoms with Gasteiger partial charge in [0.2, 0.25) is 0 Å². The van der Waals surface area contributed by atoms with Gasteiger partial charge in [-0.1, -0.05) is 13.8 Å². The zero-order valence-electron chi connectivity index (χ0n) is 11.2. The predicted octanol–water partition coefficient (Wildman–Crippen LogP) is 2.93. The summed E-state index contributed by atoms with van der Waals surface area (Å²) in [5, 5.41) is 13.1. The molecular formula is C15H21NO2. The molecule has 98 valence electrons. The summed E-state index contributed by atoms with van der Waals surface area (Å²) < 4.78 is 5.80. The van der Waals surface area contributed by atoms with Gasteiger partial charge >= 0.3 is 0 Å². The van der Waals surface area contributed by atoms with Crippen molar-refractivity contribution in [3.63, 3.8) is 0 Å². The Kier molecular flexibility index (Phi) is 2.56. The highest BCUT2D eigenvalue weighted by molar-refractivity contribution is 5.55. The Hall–Kier alpha value is -1.22. The number of fused-ring (bicyclic) bond motifs is 1. The van der Waals surface area contributed by atoms with Crippen LogP contribution >= 0.6 is 0 Å². The molecule has 0 bridgehead atoms. The fourth-order valence-corrected chi connectivity index (χ4v) is 3.59. The van der Waals surface area contributed by atoms with Gasteiger partial charge in [-0.2, -0.15) is 0 Å². The number of phenolic OH excluding ortho intramolecular Hbond substituents is 1. The summed E-state index contributed by atoms with van der Waals surface area (Å²) >= 11 is 0. The average Bonchev–Trinajstić information content (AvgIpc) is 2.74. The van der Waals surface area contributed by atoms with Crippen molar-refractivity contribution in [3.05, 3.63) is 23.8 Å². The van der Waals surface area contributed by atoms with E-state index >= 15 is 0 Å². The molecule has 0 radical (unpaired) electrons. The van der Waals surface area contributed by atoms with E-state index in [-0.39, 0.29) is 5.41 Å². The fraction of sp³-hybridized carbons (Fsp3) is 0.600. The van der Waals surface area contributed by atoms with Crippen LogP contribution in [-0.4, -0.2) is 23.9 Å². The summed E-state index contributed by atoms with van der Waals surface area (Å²) in [7, 11) is 0. The van der Waals surface area contributed by atoms with E-state index in [1.54, 1.807) is 12.1 Å². The minimum Gasteiger partial charge on any atom is -0.508 e. The lowest BCUT2D eigenvalue weighted by Crippen LogP contribution is -2.63. The van der Waals surface area contributed by atoms with Crippen molar-refractivity contribution in [2.75, 3.05) is 11.9 Å². The first-order chi connectivity index (χ1) is 8.50. The van der Waals surface area contributed by atoms with Crippen molar-refractivity contribution >= 4 is 5.69 Å². The number of aromatic hydroxyl groups is 1. The van der Waals surface area contributed by atoms with Crippen LogP contribution in [0, 0.1) is 18.3 Å². The van der Waals surface area contributed by atoms with Crippen molar-refractivity contribution in [2.45, 2.75) is 39.3 Å². The van der Waals surface area contributed by atoms with E-state index in [9.17, 15) is 5.11 Å². The van der Waals surface area contributed by atoms with Crippen molar-refractivity contribution in [2.24, 2.45) is 11.3 Å². The molecule has 3 rings (SSSR count). The van der Waals surface area contributed by atoms with Crippen LogP contribution in [-0.2, 0) is 4.74 Å². The molecular weight excluding hydrogens is 226 g/mol. The zero-order chi connectivity index (χ0) is 12.9. The molecule has 2 aliphatic rings. The molecule has 1 heterocycles. The Morgan fingerprint density at radius 3 is 2.89 bits per heavy atom. The number of rotatable bonds is 2. The van der Waals surface area contributed by atoms with Crippen LogP contribution < -0.4 is 5.32 Å². The Labute approximate surface area is 108 Å². The lowest BCUT2D eigenvalue weighted by atomic mass is 9.57. The molecule has 1 aliphatic heterocycles. The number of ether oxygens (including phenoxy) is 1. The van der Waals surface area contributed by atoms with E-state index in [0.29, 0.717) is 23.8 Å². The Balaban J connectivity index is 1.80. The van der Waals surface area contributed by atoms with Crippen molar-refractivity contribution in [3.8, 4) is 5.75 Å². The summed E-state index contributed by atoms with van der Waals surface area (Å²) in [4.78, 5) is 0. The topological polar surface area (TPSA) is 41.5 Å². The second kappa shape index (κ2) is 3.89. The van der Waals surface area contributed by atoms with E-state index in [0.717, 1.165) is 24.3 Å². The van der Waals surface area contributed by atoms with Gasteiger partial charge in [0.1, 0.15) is 5.75 Å². The van der Waals surface area contributed by atoms with Gasteiger partial charge in [-0.3, -0.25) is 0 Å². The quantitative estimate of drug-likeness (QED) is 0.790. The summed E-state index contributed by atoms with van der Waals surface area (Å²) in [5.41, 5.74) is 2.40. The summed E-state index contributed by atoms with van der Waals surface area (Å²) in [5.74, 6) is 0.959. The van der Waals surface area contributed by atoms with Gasteiger partial charge in [0.05, 0.1) is 6.10 Å². The van der Waals surface area contributed by atoms with Gasteiger partial charge < -0.3 is 15.2 Å². The first-order valence-corrected chi connectivity index (χ1v) is 6.68. The zero-order valence-corrected chi connectivity index (χ0v) is 11.2. The molecule has 3 atom stereocenters. The third kappa shape index (κ3) is 1.61. The number of phenols is 1. The molecule has 0 amide bonds. The minimum atomic E-state index is 0.186. The van der Waals surface area contributed by atoms with Crippen LogP contribution in [0.5, 0.6) is 5.75 Å². The highest BCUT2D eigenvalue weighted by Crippen LogP contribution is 2.53. The van der Waals surface area contributed by atoms with Gasteiger partial charge in [-0.25, -0.2) is 0 Å². The molecule has 3 unspecified atom stereocenters.